The van der Waals surface area contributed by atoms with Crippen molar-refractivity contribution in [2.75, 3.05) is 13.7 Å². The Balaban J connectivity index is 1.98. The van der Waals surface area contributed by atoms with Crippen LogP contribution in [0.4, 0.5) is 0 Å². The van der Waals surface area contributed by atoms with Gasteiger partial charge in [-0.15, -0.1) is 0 Å². The Labute approximate surface area is 181 Å². The smallest absolute Gasteiger partial charge is 0.242 e. The average Bonchev–Trinajstić information content (AvgIpc) is 2.72. The van der Waals surface area contributed by atoms with Crippen LogP contribution in [-0.2, 0) is 16.1 Å². The van der Waals surface area contributed by atoms with Gasteiger partial charge in [-0.3, -0.25) is 9.59 Å². The molecule has 0 aliphatic heterocycles. The lowest BCUT2D eigenvalue weighted by Crippen LogP contribution is -2.46. The molecule has 0 fully saturated rings. The Kier molecular flexibility index (Phi) is 8.80. The van der Waals surface area contributed by atoms with Gasteiger partial charge in [0, 0.05) is 20.0 Å². The second-order valence-electron chi connectivity index (χ2n) is 6.83. The molecule has 0 radical (unpaired) electrons. The number of benzene rings is 2. The second kappa shape index (κ2) is 11.1. The summed E-state index contributed by atoms with van der Waals surface area (Å²) < 4.78 is 5.69. The number of ether oxygens (including phenoxy) is 1. The number of hydrogen-bond acceptors (Lipinski definition) is 3. The highest BCUT2D eigenvalue weighted by atomic mass is 35.5. The molecule has 0 saturated carbocycles. The Morgan fingerprint density at radius 3 is 2.41 bits per heavy atom. The molecule has 0 heterocycles. The van der Waals surface area contributed by atoms with Gasteiger partial charge in [0.1, 0.15) is 11.8 Å². The summed E-state index contributed by atoms with van der Waals surface area (Å²) in [6, 6.07) is 12.3. The molecule has 1 atom stereocenters. The van der Waals surface area contributed by atoms with E-state index in [0.29, 0.717) is 23.1 Å². The van der Waals surface area contributed by atoms with Crippen molar-refractivity contribution < 1.29 is 14.3 Å². The van der Waals surface area contributed by atoms with E-state index >= 15 is 0 Å². The minimum atomic E-state index is -0.611. The summed E-state index contributed by atoms with van der Waals surface area (Å²) in [7, 11) is 1.55. The third-order valence-electron chi connectivity index (χ3n) is 4.58. The maximum atomic E-state index is 12.8. The molecule has 0 bridgehead atoms. The predicted octanol–water partition coefficient (Wildman–Crippen LogP) is 4.62. The standard InChI is InChI=1S/C22H26Cl2N2O3/c1-15-6-9-18(10-7-15)29-12-4-5-21(27)26(16(2)22(28)25-3)14-17-8-11-19(23)20(24)13-17/h6-11,13,16H,4-5,12,14H2,1-3H3,(H,25,28)/t16-/m1/s1. The zero-order valence-electron chi connectivity index (χ0n) is 16.9. The molecule has 0 aliphatic rings. The first-order chi connectivity index (χ1) is 13.8. The fourth-order valence-corrected chi connectivity index (χ4v) is 3.14. The fraction of sp³-hybridized carbons (Fsp3) is 0.364. The number of aryl methyl sites for hydroxylation is 1. The topological polar surface area (TPSA) is 58.6 Å². The van der Waals surface area contributed by atoms with Crippen LogP contribution in [0.25, 0.3) is 0 Å². The zero-order valence-corrected chi connectivity index (χ0v) is 18.4. The number of nitrogens with zero attached hydrogens (tertiary/aromatic N) is 1. The van der Waals surface area contributed by atoms with Gasteiger partial charge in [0.2, 0.25) is 11.8 Å². The largest absolute Gasteiger partial charge is 0.494 e. The lowest BCUT2D eigenvalue weighted by Gasteiger charge is -2.28. The van der Waals surface area contributed by atoms with Crippen molar-refractivity contribution in [2.24, 2.45) is 0 Å². The van der Waals surface area contributed by atoms with Crippen molar-refractivity contribution in [3.63, 3.8) is 0 Å². The zero-order chi connectivity index (χ0) is 21.4. The molecule has 5 nitrogen and oxygen atoms in total. The number of rotatable bonds is 9. The number of amides is 2. The fourth-order valence-electron chi connectivity index (χ4n) is 2.82. The quantitative estimate of drug-likeness (QED) is 0.583. The number of hydrogen-bond donors (Lipinski definition) is 1. The molecule has 156 valence electrons. The Bertz CT molecular complexity index is 840. The van der Waals surface area contributed by atoms with Crippen LogP contribution in [0, 0.1) is 6.92 Å². The van der Waals surface area contributed by atoms with Crippen LogP contribution in [0.5, 0.6) is 5.75 Å². The Morgan fingerprint density at radius 2 is 1.79 bits per heavy atom. The van der Waals surface area contributed by atoms with Gasteiger partial charge in [0.05, 0.1) is 16.7 Å². The van der Waals surface area contributed by atoms with E-state index in [4.69, 9.17) is 27.9 Å². The maximum Gasteiger partial charge on any atom is 0.242 e. The number of carbonyl (C=O) groups is 2. The number of nitrogens with one attached hydrogen (secondary N) is 1. The van der Waals surface area contributed by atoms with Crippen LogP contribution >= 0.6 is 23.2 Å². The van der Waals surface area contributed by atoms with Crippen LogP contribution in [-0.4, -0.2) is 36.4 Å². The molecule has 2 rings (SSSR count). The molecule has 0 unspecified atom stereocenters. The van der Waals surface area contributed by atoms with Crippen molar-refractivity contribution in [1.29, 1.82) is 0 Å². The minimum absolute atomic E-state index is 0.125. The minimum Gasteiger partial charge on any atom is -0.494 e. The van der Waals surface area contributed by atoms with Gasteiger partial charge >= 0.3 is 0 Å². The van der Waals surface area contributed by atoms with E-state index in [9.17, 15) is 9.59 Å². The summed E-state index contributed by atoms with van der Waals surface area (Å²) in [6.07, 6.45) is 0.819. The lowest BCUT2D eigenvalue weighted by atomic mass is 10.1. The molecule has 0 saturated heterocycles. The highest BCUT2D eigenvalue weighted by Gasteiger charge is 2.25. The van der Waals surface area contributed by atoms with Gasteiger partial charge < -0.3 is 15.0 Å². The van der Waals surface area contributed by atoms with Crippen LogP contribution in [0.2, 0.25) is 10.0 Å². The van der Waals surface area contributed by atoms with E-state index in [1.54, 1.807) is 37.1 Å². The van der Waals surface area contributed by atoms with Gasteiger partial charge in [-0.05, 0) is 50.1 Å². The SMILES string of the molecule is CNC(=O)[C@@H](C)N(Cc1ccc(Cl)c(Cl)c1)C(=O)CCCOc1ccc(C)cc1. The molecule has 0 aromatic heterocycles. The maximum absolute atomic E-state index is 12.8. The summed E-state index contributed by atoms with van der Waals surface area (Å²) in [5, 5.41) is 3.45. The van der Waals surface area contributed by atoms with E-state index in [1.165, 1.54) is 0 Å². The second-order valence-corrected chi connectivity index (χ2v) is 7.64. The number of halogens is 2. The van der Waals surface area contributed by atoms with E-state index in [0.717, 1.165) is 16.9 Å². The summed E-state index contributed by atoms with van der Waals surface area (Å²) in [6.45, 7) is 4.41. The van der Waals surface area contributed by atoms with Gasteiger partial charge in [-0.2, -0.15) is 0 Å². The molecular formula is C22H26Cl2N2O3. The third kappa shape index (κ3) is 6.94. The van der Waals surface area contributed by atoms with Crippen molar-refractivity contribution in [2.45, 2.75) is 39.3 Å². The van der Waals surface area contributed by atoms with Crippen molar-refractivity contribution in [3.05, 3.63) is 63.6 Å². The van der Waals surface area contributed by atoms with Crippen LogP contribution in [0.15, 0.2) is 42.5 Å². The average molecular weight is 437 g/mol. The van der Waals surface area contributed by atoms with Crippen LogP contribution in [0.3, 0.4) is 0 Å². The van der Waals surface area contributed by atoms with E-state index in [1.807, 2.05) is 31.2 Å². The summed E-state index contributed by atoms with van der Waals surface area (Å²) in [5.41, 5.74) is 1.97. The van der Waals surface area contributed by atoms with E-state index in [2.05, 4.69) is 5.32 Å². The Morgan fingerprint density at radius 1 is 1.10 bits per heavy atom. The number of likely N-dealkylation sites (N-methyl/N-ethyl adjacent to an activating group) is 1. The Hall–Kier alpha value is -2.24. The van der Waals surface area contributed by atoms with E-state index < -0.39 is 6.04 Å². The van der Waals surface area contributed by atoms with E-state index in [-0.39, 0.29) is 24.8 Å². The first-order valence-corrected chi connectivity index (χ1v) is 10.2. The summed E-state index contributed by atoms with van der Waals surface area (Å²) in [4.78, 5) is 26.5. The molecule has 2 aromatic rings. The molecule has 2 amide bonds. The van der Waals surface area contributed by atoms with Gasteiger partial charge in [0.25, 0.3) is 0 Å². The third-order valence-corrected chi connectivity index (χ3v) is 5.31. The van der Waals surface area contributed by atoms with Crippen molar-refractivity contribution in [3.8, 4) is 5.75 Å². The predicted molar refractivity (Wildman–Crippen MR) is 116 cm³/mol. The molecule has 0 spiro atoms. The first kappa shape index (κ1) is 23.0. The van der Waals surface area contributed by atoms with Gasteiger partial charge in [-0.25, -0.2) is 0 Å². The monoisotopic (exact) mass is 436 g/mol. The van der Waals surface area contributed by atoms with Crippen LogP contribution < -0.4 is 10.1 Å². The van der Waals surface area contributed by atoms with Gasteiger partial charge in [0.15, 0.2) is 0 Å². The van der Waals surface area contributed by atoms with Crippen molar-refractivity contribution in [1.82, 2.24) is 10.2 Å². The molecule has 1 N–H and O–H groups in total. The van der Waals surface area contributed by atoms with Crippen molar-refractivity contribution >= 4 is 35.0 Å². The van der Waals surface area contributed by atoms with Gasteiger partial charge in [-0.1, -0.05) is 47.0 Å². The van der Waals surface area contributed by atoms with Crippen LogP contribution in [0.1, 0.15) is 30.9 Å². The highest BCUT2D eigenvalue weighted by Crippen LogP contribution is 2.24. The number of carbonyl (C=O) groups excluding carboxylic acids is 2. The molecule has 2 aromatic carbocycles. The summed E-state index contributed by atoms with van der Waals surface area (Å²) >= 11 is 12.1. The first-order valence-electron chi connectivity index (χ1n) is 9.46. The molecule has 0 aliphatic carbocycles. The molecular weight excluding hydrogens is 411 g/mol. The molecule has 29 heavy (non-hydrogen) atoms. The normalized spacial score (nSPS) is 11.6. The highest BCUT2D eigenvalue weighted by molar-refractivity contribution is 6.42. The lowest BCUT2D eigenvalue weighted by molar-refractivity contribution is -0.140. The summed E-state index contributed by atoms with van der Waals surface area (Å²) in [5.74, 6) is 0.420. The molecule has 7 heteroatoms.